The quantitative estimate of drug-likeness (QED) is 0.866. The molecule has 3 rings (SSSR count). The summed E-state index contributed by atoms with van der Waals surface area (Å²) >= 11 is 0. The van der Waals surface area contributed by atoms with Crippen molar-refractivity contribution in [3.63, 3.8) is 0 Å². The topological polar surface area (TPSA) is 58.6 Å². The van der Waals surface area contributed by atoms with Crippen molar-refractivity contribution in [2.45, 2.75) is 6.04 Å². The molecule has 1 unspecified atom stereocenters. The molecular formula is C15H13NO3. The van der Waals surface area contributed by atoms with Crippen molar-refractivity contribution in [1.29, 1.82) is 0 Å². The molecule has 0 aliphatic carbocycles. The molecule has 0 radical (unpaired) electrons. The second-order valence-corrected chi connectivity index (χ2v) is 4.43. The predicted octanol–water partition coefficient (Wildman–Crippen LogP) is 2.93. The molecule has 4 nitrogen and oxygen atoms in total. The van der Waals surface area contributed by atoms with E-state index in [-0.39, 0.29) is 11.6 Å². The van der Waals surface area contributed by atoms with Crippen LogP contribution < -0.4 is 10.1 Å². The molecule has 2 N–H and O–H groups in total. The third-order valence-corrected chi connectivity index (χ3v) is 3.16. The fraction of sp³-hybridized carbons (Fsp3) is 0.133. The van der Waals surface area contributed by atoms with Crippen LogP contribution in [0.15, 0.2) is 48.5 Å². The average Bonchev–Trinajstić information content (AvgIpc) is 2.47. The summed E-state index contributed by atoms with van der Waals surface area (Å²) in [5.41, 5.74) is 2.09. The van der Waals surface area contributed by atoms with Gasteiger partial charge in [0.05, 0.1) is 17.3 Å². The van der Waals surface area contributed by atoms with E-state index in [1.165, 1.54) is 0 Å². The lowest BCUT2D eigenvalue weighted by Gasteiger charge is -2.28. The fourth-order valence-electron chi connectivity index (χ4n) is 2.17. The lowest BCUT2D eigenvalue weighted by atomic mass is 10.1. The number of benzene rings is 2. The largest absolute Gasteiger partial charge is 0.489 e. The first-order chi connectivity index (χ1) is 9.24. The van der Waals surface area contributed by atoms with Crippen molar-refractivity contribution < 1.29 is 14.6 Å². The number of carboxylic acids is 1. The van der Waals surface area contributed by atoms with E-state index < -0.39 is 5.97 Å². The molecule has 1 aliphatic rings. The number of hydrogen-bond donors (Lipinski definition) is 2. The number of fused-ring (bicyclic) bond motifs is 1. The Morgan fingerprint density at radius 2 is 2.00 bits per heavy atom. The number of hydrogen-bond acceptors (Lipinski definition) is 3. The van der Waals surface area contributed by atoms with E-state index in [9.17, 15) is 4.79 Å². The molecule has 1 atom stereocenters. The minimum atomic E-state index is -0.938. The normalized spacial score (nSPS) is 16.9. The summed E-state index contributed by atoms with van der Waals surface area (Å²) in [6.45, 7) is 0.531. The van der Waals surface area contributed by atoms with E-state index in [4.69, 9.17) is 9.84 Å². The second-order valence-electron chi connectivity index (χ2n) is 4.43. The maximum Gasteiger partial charge on any atom is 0.335 e. The van der Waals surface area contributed by atoms with Gasteiger partial charge in [-0.05, 0) is 23.8 Å². The Kier molecular flexibility index (Phi) is 2.83. The van der Waals surface area contributed by atoms with Crippen molar-refractivity contribution in [1.82, 2.24) is 0 Å². The van der Waals surface area contributed by atoms with Crippen LogP contribution >= 0.6 is 0 Å². The van der Waals surface area contributed by atoms with Crippen LogP contribution in [0.25, 0.3) is 0 Å². The Morgan fingerprint density at radius 3 is 2.74 bits per heavy atom. The Morgan fingerprint density at radius 1 is 1.21 bits per heavy atom. The molecule has 19 heavy (non-hydrogen) atoms. The summed E-state index contributed by atoms with van der Waals surface area (Å²) in [6.07, 6.45) is 0. The fourth-order valence-corrected chi connectivity index (χ4v) is 2.17. The van der Waals surface area contributed by atoms with Gasteiger partial charge in [-0.15, -0.1) is 0 Å². The van der Waals surface area contributed by atoms with Crippen molar-refractivity contribution in [2.75, 3.05) is 11.9 Å². The van der Waals surface area contributed by atoms with Crippen LogP contribution in [0.5, 0.6) is 5.75 Å². The zero-order chi connectivity index (χ0) is 13.2. The molecule has 2 aromatic rings. The number of carboxylic acid groups (broad SMARTS) is 1. The number of rotatable bonds is 2. The van der Waals surface area contributed by atoms with Crippen LogP contribution in [-0.4, -0.2) is 17.7 Å². The van der Waals surface area contributed by atoms with E-state index in [2.05, 4.69) is 5.32 Å². The molecule has 0 bridgehead atoms. The van der Waals surface area contributed by atoms with E-state index >= 15 is 0 Å². The van der Waals surface area contributed by atoms with Crippen LogP contribution in [0.3, 0.4) is 0 Å². The summed E-state index contributed by atoms with van der Waals surface area (Å²) < 4.78 is 5.67. The van der Waals surface area contributed by atoms with Crippen molar-refractivity contribution >= 4 is 11.7 Å². The molecule has 0 fully saturated rings. The minimum Gasteiger partial charge on any atom is -0.489 e. The Hall–Kier alpha value is -2.49. The monoisotopic (exact) mass is 255 g/mol. The van der Waals surface area contributed by atoms with Gasteiger partial charge in [-0.2, -0.15) is 0 Å². The zero-order valence-electron chi connectivity index (χ0n) is 10.2. The van der Waals surface area contributed by atoms with Crippen LogP contribution in [0.1, 0.15) is 22.0 Å². The molecule has 0 aromatic heterocycles. The molecule has 1 aliphatic heterocycles. The minimum absolute atomic E-state index is 0.0396. The predicted molar refractivity (Wildman–Crippen MR) is 71.7 cm³/mol. The number of carbonyl (C=O) groups is 1. The smallest absolute Gasteiger partial charge is 0.335 e. The third kappa shape index (κ3) is 2.25. The molecule has 2 aromatic carbocycles. The summed E-state index contributed by atoms with van der Waals surface area (Å²) in [4.78, 5) is 11.0. The van der Waals surface area contributed by atoms with E-state index in [1.54, 1.807) is 18.2 Å². The summed E-state index contributed by atoms with van der Waals surface area (Å²) in [6, 6.07) is 14.8. The van der Waals surface area contributed by atoms with Gasteiger partial charge in [0.15, 0.2) is 0 Å². The maximum atomic E-state index is 11.0. The first-order valence-corrected chi connectivity index (χ1v) is 6.05. The molecule has 0 saturated carbocycles. The summed E-state index contributed by atoms with van der Waals surface area (Å²) in [5.74, 6) is -0.247. The van der Waals surface area contributed by atoms with Gasteiger partial charge in [-0.3, -0.25) is 0 Å². The van der Waals surface area contributed by atoms with Gasteiger partial charge in [0, 0.05) is 0 Å². The Labute approximate surface area is 110 Å². The first-order valence-electron chi connectivity index (χ1n) is 6.05. The van der Waals surface area contributed by atoms with Gasteiger partial charge >= 0.3 is 5.97 Å². The first kappa shape index (κ1) is 11.6. The van der Waals surface area contributed by atoms with Crippen molar-refractivity contribution in [2.24, 2.45) is 0 Å². The number of nitrogens with one attached hydrogen (secondary N) is 1. The number of anilines is 1. The summed E-state index contributed by atoms with van der Waals surface area (Å²) in [7, 11) is 0. The lowest BCUT2D eigenvalue weighted by Crippen LogP contribution is -2.24. The van der Waals surface area contributed by atoms with E-state index in [0.717, 1.165) is 11.3 Å². The van der Waals surface area contributed by atoms with Crippen molar-refractivity contribution in [3.8, 4) is 5.75 Å². The van der Waals surface area contributed by atoms with Gasteiger partial charge in [-0.25, -0.2) is 4.79 Å². The molecule has 0 saturated heterocycles. The Balaban J connectivity index is 1.90. The molecular weight excluding hydrogens is 242 g/mol. The van der Waals surface area contributed by atoms with Gasteiger partial charge in [0.25, 0.3) is 0 Å². The van der Waals surface area contributed by atoms with E-state index in [1.807, 2.05) is 30.3 Å². The standard InChI is InChI=1S/C15H13NO3/c17-15(18)11-6-7-14-12(8-11)16-13(9-19-14)10-4-2-1-3-5-10/h1-8,13,16H,9H2,(H,17,18). The molecule has 4 heteroatoms. The molecule has 1 heterocycles. The zero-order valence-corrected chi connectivity index (χ0v) is 10.2. The number of aromatic carboxylic acids is 1. The SMILES string of the molecule is O=C(O)c1ccc2c(c1)NC(c1ccccc1)CO2. The van der Waals surface area contributed by atoms with Crippen LogP contribution in [-0.2, 0) is 0 Å². The highest BCUT2D eigenvalue weighted by Crippen LogP contribution is 2.34. The maximum absolute atomic E-state index is 11.0. The molecule has 0 spiro atoms. The van der Waals surface area contributed by atoms with E-state index in [0.29, 0.717) is 12.4 Å². The molecule has 0 amide bonds. The molecule has 96 valence electrons. The van der Waals surface area contributed by atoms with Gasteiger partial charge in [0.1, 0.15) is 12.4 Å². The highest BCUT2D eigenvalue weighted by atomic mass is 16.5. The van der Waals surface area contributed by atoms with Crippen molar-refractivity contribution in [3.05, 3.63) is 59.7 Å². The average molecular weight is 255 g/mol. The second kappa shape index (κ2) is 4.65. The number of ether oxygens (including phenoxy) is 1. The van der Waals surface area contributed by atoms with Gasteiger partial charge in [0.2, 0.25) is 0 Å². The highest BCUT2D eigenvalue weighted by molar-refractivity contribution is 5.89. The van der Waals surface area contributed by atoms with Crippen LogP contribution in [0.2, 0.25) is 0 Å². The van der Waals surface area contributed by atoms with Gasteiger partial charge in [-0.1, -0.05) is 30.3 Å². The lowest BCUT2D eigenvalue weighted by molar-refractivity contribution is 0.0697. The Bertz CT molecular complexity index is 610. The third-order valence-electron chi connectivity index (χ3n) is 3.16. The highest BCUT2D eigenvalue weighted by Gasteiger charge is 2.21. The van der Waals surface area contributed by atoms with Crippen LogP contribution in [0.4, 0.5) is 5.69 Å². The van der Waals surface area contributed by atoms with Crippen LogP contribution in [0, 0.1) is 0 Å². The summed E-state index contributed by atoms with van der Waals surface area (Å²) in [5, 5.41) is 12.3. The van der Waals surface area contributed by atoms with Gasteiger partial charge < -0.3 is 15.2 Å².